The first kappa shape index (κ1) is 12.5. The number of rotatable bonds is 5. The van der Waals surface area contributed by atoms with Crippen LogP contribution in [0.1, 0.15) is 36.0 Å². The number of hydrogen-bond donors (Lipinski definition) is 2. The first-order chi connectivity index (χ1) is 8.56. The van der Waals surface area contributed by atoms with Gasteiger partial charge in [-0.3, -0.25) is 4.79 Å². The predicted molar refractivity (Wildman–Crippen MR) is 63.9 cm³/mol. The highest BCUT2D eigenvalue weighted by molar-refractivity contribution is 5.92. The van der Waals surface area contributed by atoms with Gasteiger partial charge in [-0.2, -0.15) is 0 Å². The Labute approximate surface area is 104 Å². The minimum Gasteiger partial charge on any atom is -0.478 e. The SMILES string of the molecule is O=C(CCC1CC1)Nc1ccc(C(=O)O)cc1F. The molecule has 1 saturated carbocycles. The van der Waals surface area contributed by atoms with Crippen molar-refractivity contribution < 1.29 is 19.1 Å². The average molecular weight is 251 g/mol. The Morgan fingerprint density at radius 3 is 2.67 bits per heavy atom. The maximum Gasteiger partial charge on any atom is 0.335 e. The molecule has 1 aliphatic carbocycles. The Morgan fingerprint density at radius 1 is 1.39 bits per heavy atom. The zero-order valence-corrected chi connectivity index (χ0v) is 9.78. The first-order valence-electron chi connectivity index (χ1n) is 5.89. The van der Waals surface area contributed by atoms with Crippen LogP contribution in [0.25, 0.3) is 0 Å². The van der Waals surface area contributed by atoms with Gasteiger partial charge in [0.2, 0.25) is 5.91 Å². The lowest BCUT2D eigenvalue weighted by molar-refractivity contribution is -0.116. The molecule has 18 heavy (non-hydrogen) atoms. The third-order valence-electron chi connectivity index (χ3n) is 2.97. The molecule has 96 valence electrons. The van der Waals surface area contributed by atoms with Crippen LogP contribution in [0.15, 0.2) is 18.2 Å². The molecule has 1 amide bonds. The molecule has 1 fully saturated rings. The molecule has 0 bridgehead atoms. The van der Waals surface area contributed by atoms with Crippen LogP contribution in [0.5, 0.6) is 0 Å². The summed E-state index contributed by atoms with van der Waals surface area (Å²) in [4.78, 5) is 22.1. The van der Waals surface area contributed by atoms with E-state index in [1.165, 1.54) is 25.0 Å². The molecule has 0 heterocycles. The lowest BCUT2D eigenvalue weighted by Gasteiger charge is -2.06. The van der Waals surface area contributed by atoms with Gasteiger partial charge >= 0.3 is 5.97 Å². The summed E-state index contributed by atoms with van der Waals surface area (Å²) in [7, 11) is 0. The molecular formula is C13H14FNO3. The Kier molecular flexibility index (Phi) is 3.60. The topological polar surface area (TPSA) is 66.4 Å². The van der Waals surface area contributed by atoms with Crippen LogP contribution in [0.2, 0.25) is 0 Å². The van der Waals surface area contributed by atoms with Crippen molar-refractivity contribution in [3.05, 3.63) is 29.6 Å². The third-order valence-corrected chi connectivity index (χ3v) is 2.97. The maximum absolute atomic E-state index is 13.5. The minimum atomic E-state index is -1.19. The van der Waals surface area contributed by atoms with Crippen molar-refractivity contribution in [1.29, 1.82) is 0 Å². The van der Waals surface area contributed by atoms with Crippen LogP contribution in [-0.2, 0) is 4.79 Å². The van der Waals surface area contributed by atoms with Gasteiger partial charge in [-0.05, 0) is 30.5 Å². The summed E-state index contributed by atoms with van der Waals surface area (Å²) in [5.74, 6) is -1.51. The van der Waals surface area contributed by atoms with Crippen molar-refractivity contribution >= 4 is 17.6 Å². The largest absolute Gasteiger partial charge is 0.478 e. The number of nitrogens with one attached hydrogen (secondary N) is 1. The molecular weight excluding hydrogens is 237 g/mol. The summed E-state index contributed by atoms with van der Waals surface area (Å²) in [6.45, 7) is 0. The van der Waals surface area contributed by atoms with E-state index < -0.39 is 11.8 Å². The number of hydrogen-bond acceptors (Lipinski definition) is 2. The van der Waals surface area contributed by atoms with E-state index in [0.717, 1.165) is 12.5 Å². The smallest absolute Gasteiger partial charge is 0.335 e. The number of amides is 1. The second kappa shape index (κ2) is 5.16. The normalized spacial score (nSPS) is 14.3. The van der Waals surface area contributed by atoms with Gasteiger partial charge in [0.25, 0.3) is 0 Å². The third kappa shape index (κ3) is 3.29. The summed E-state index contributed by atoms with van der Waals surface area (Å²) in [5, 5.41) is 11.1. The summed E-state index contributed by atoms with van der Waals surface area (Å²) >= 11 is 0. The molecule has 2 rings (SSSR count). The van der Waals surface area contributed by atoms with Crippen LogP contribution in [-0.4, -0.2) is 17.0 Å². The molecule has 0 aliphatic heterocycles. The maximum atomic E-state index is 13.5. The summed E-state index contributed by atoms with van der Waals surface area (Å²) < 4.78 is 13.5. The number of carbonyl (C=O) groups excluding carboxylic acids is 1. The molecule has 0 spiro atoms. The Balaban J connectivity index is 1.95. The molecule has 4 nitrogen and oxygen atoms in total. The number of benzene rings is 1. The monoisotopic (exact) mass is 251 g/mol. The van der Waals surface area contributed by atoms with Crippen LogP contribution in [0.4, 0.5) is 10.1 Å². The van der Waals surface area contributed by atoms with Crippen molar-refractivity contribution in [1.82, 2.24) is 0 Å². The van der Waals surface area contributed by atoms with Crippen LogP contribution < -0.4 is 5.32 Å². The highest BCUT2D eigenvalue weighted by atomic mass is 19.1. The van der Waals surface area contributed by atoms with Crippen molar-refractivity contribution in [2.45, 2.75) is 25.7 Å². The molecule has 5 heteroatoms. The van der Waals surface area contributed by atoms with Crippen LogP contribution in [0, 0.1) is 11.7 Å². The fourth-order valence-electron chi connectivity index (χ4n) is 1.70. The van der Waals surface area contributed by atoms with Gasteiger partial charge in [-0.15, -0.1) is 0 Å². The lowest BCUT2D eigenvalue weighted by atomic mass is 10.2. The van der Waals surface area contributed by atoms with E-state index in [0.29, 0.717) is 12.3 Å². The standard InChI is InChI=1S/C13H14FNO3/c14-10-7-9(13(17)18)4-5-11(10)15-12(16)6-3-8-1-2-8/h4-5,7-8H,1-3,6H2,(H,15,16)(H,17,18). The quantitative estimate of drug-likeness (QED) is 0.845. The van der Waals surface area contributed by atoms with Crippen molar-refractivity contribution in [2.24, 2.45) is 5.92 Å². The number of halogens is 1. The molecule has 1 aliphatic rings. The zero-order valence-electron chi connectivity index (χ0n) is 9.78. The van der Waals surface area contributed by atoms with E-state index in [2.05, 4.69) is 5.32 Å². The van der Waals surface area contributed by atoms with Crippen LogP contribution >= 0.6 is 0 Å². The van der Waals surface area contributed by atoms with Gasteiger partial charge in [0.15, 0.2) is 0 Å². The van der Waals surface area contributed by atoms with E-state index in [1.54, 1.807) is 0 Å². The van der Waals surface area contributed by atoms with Crippen molar-refractivity contribution in [3.63, 3.8) is 0 Å². The van der Waals surface area contributed by atoms with E-state index >= 15 is 0 Å². The molecule has 1 aromatic rings. The molecule has 1 aromatic carbocycles. The Hall–Kier alpha value is -1.91. The molecule has 0 radical (unpaired) electrons. The molecule has 0 saturated heterocycles. The molecule has 0 unspecified atom stereocenters. The van der Waals surface area contributed by atoms with Gasteiger partial charge < -0.3 is 10.4 Å². The van der Waals surface area contributed by atoms with Gasteiger partial charge in [0.1, 0.15) is 5.82 Å². The van der Waals surface area contributed by atoms with Crippen molar-refractivity contribution in [3.8, 4) is 0 Å². The van der Waals surface area contributed by atoms with E-state index in [9.17, 15) is 14.0 Å². The fraction of sp³-hybridized carbons (Fsp3) is 0.385. The van der Waals surface area contributed by atoms with Gasteiger partial charge in [-0.1, -0.05) is 12.8 Å². The number of carboxylic acid groups (broad SMARTS) is 1. The zero-order chi connectivity index (χ0) is 13.1. The number of anilines is 1. The number of carbonyl (C=O) groups is 2. The second-order valence-corrected chi connectivity index (χ2v) is 4.53. The van der Waals surface area contributed by atoms with Crippen molar-refractivity contribution in [2.75, 3.05) is 5.32 Å². The summed E-state index contributed by atoms with van der Waals surface area (Å²) in [6, 6.07) is 3.44. The Bertz CT molecular complexity index is 483. The highest BCUT2D eigenvalue weighted by Gasteiger charge is 2.22. The first-order valence-corrected chi connectivity index (χ1v) is 5.89. The van der Waals surface area contributed by atoms with E-state index in [1.807, 2.05) is 0 Å². The fourth-order valence-corrected chi connectivity index (χ4v) is 1.70. The second-order valence-electron chi connectivity index (χ2n) is 4.53. The summed E-state index contributed by atoms with van der Waals surface area (Å²) in [5.41, 5.74) is -0.107. The number of aromatic carboxylic acids is 1. The lowest BCUT2D eigenvalue weighted by Crippen LogP contribution is -2.13. The average Bonchev–Trinajstić information content (AvgIpc) is 3.13. The van der Waals surface area contributed by atoms with Gasteiger partial charge in [-0.25, -0.2) is 9.18 Å². The highest BCUT2D eigenvalue weighted by Crippen LogP contribution is 2.33. The predicted octanol–water partition coefficient (Wildman–Crippen LogP) is 2.65. The number of carboxylic acids is 1. The van der Waals surface area contributed by atoms with Crippen LogP contribution in [0.3, 0.4) is 0 Å². The minimum absolute atomic E-state index is 0.0285. The molecule has 0 atom stereocenters. The summed E-state index contributed by atoms with van der Waals surface area (Å²) in [6.07, 6.45) is 3.56. The van der Waals surface area contributed by atoms with E-state index in [4.69, 9.17) is 5.11 Å². The van der Waals surface area contributed by atoms with E-state index in [-0.39, 0.29) is 17.2 Å². The molecule has 2 N–H and O–H groups in total. The molecule has 0 aromatic heterocycles. The van der Waals surface area contributed by atoms with Gasteiger partial charge in [0.05, 0.1) is 11.3 Å². The van der Waals surface area contributed by atoms with Gasteiger partial charge in [0, 0.05) is 6.42 Å². The Morgan fingerprint density at radius 2 is 2.11 bits per heavy atom.